The van der Waals surface area contributed by atoms with Crippen LogP contribution in [0.1, 0.15) is 57.1 Å². The number of rotatable bonds is 3. The first-order chi connectivity index (χ1) is 12.9. The standard InChI is InChI=1S/C22H30N2O3/c1-14(23-15(2)25)21(26)27-17-8-7-16-12-20-18-6-4-5-9-22(18,19(16)13-17)10-11-24(20)3/h7-8,13-14,18,20H,4-6,9-12H2,1-3H3,(H,23,25)/t14-,18+,20-,22-/m0/s1. The van der Waals surface area contributed by atoms with E-state index in [0.29, 0.717) is 17.7 Å². The first kappa shape index (κ1) is 18.5. The molecule has 5 nitrogen and oxygen atoms in total. The number of nitrogens with zero attached hydrogens (tertiary/aromatic N) is 1. The number of ether oxygens (including phenoxy) is 1. The molecule has 1 aromatic carbocycles. The highest BCUT2D eigenvalue weighted by Crippen LogP contribution is 2.55. The van der Waals surface area contributed by atoms with Crippen LogP contribution in [-0.2, 0) is 21.4 Å². The van der Waals surface area contributed by atoms with Gasteiger partial charge in [0.05, 0.1) is 0 Å². The minimum Gasteiger partial charge on any atom is -0.425 e. The summed E-state index contributed by atoms with van der Waals surface area (Å²) >= 11 is 0. The van der Waals surface area contributed by atoms with Crippen molar-refractivity contribution in [1.82, 2.24) is 10.2 Å². The molecule has 4 atom stereocenters. The molecule has 146 valence electrons. The monoisotopic (exact) mass is 370 g/mol. The molecule has 1 saturated carbocycles. The fraction of sp³-hybridized carbons (Fsp3) is 0.636. The molecular weight excluding hydrogens is 340 g/mol. The topological polar surface area (TPSA) is 58.6 Å². The number of amides is 1. The van der Waals surface area contributed by atoms with Gasteiger partial charge >= 0.3 is 5.97 Å². The van der Waals surface area contributed by atoms with Gasteiger partial charge in [0.1, 0.15) is 11.8 Å². The Kier molecular flexibility index (Phi) is 4.75. The highest BCUT2D eigenvalue weighted by atomic mass is 16.5. The second-order valence-electron chi connectivity index (χ2n) is 8.67. The highest BCUT2D eigenvalue weighted by Gasteiger charge is 2.53. The first-order valence-corrected chi connectivity index (χ1v) is 10.2. The molecule has 0 unspecified atom stereocenters. The highest BCUT2D eigenvalue weighted by molar-refractivity contribution is 5.84. The predicted octanol–water partition coefficient (Wildman–Crippen LogP) is 2.80. The maximum atomic E-state index is 12.3. The van der Waals surface area contributed by atoms with E-state index in [9.17, 15) is 9.59 Å². The Balaban J connectivity index is 1.64. The molecule has 2 aliphatic carbocycles. The average Bonchev–Trinajstić information content (AvgIpc) is 2.64. The molecule has 27 heavy (non-hydrogen) atoms. The van der Waals surface area contributed by atoms with Crippen LogP contribution in [0.2, 0.25) is 0 Å². The van der Waals surface area contributed by atoms with Gasteiger partial charge in [-0.15, -0.1) is 0 Å². The third-order valence-corrected chi connectivity index (χ3v) is 7.08. The number of hydrogen-bond acceptors (Lipinski definition) is 4. The van der Waals surface area contributed by atoms with Crippen LogP contribution >= 0.6 is 0 Å². The fourth-order valence-electron chi connectivity index (χ4n) is 5.81. The minimum atomic E-state index is -0.646. The Morgan fingerprint density at radius 1 is 1.30 bits per heavy atom. The number of piperidine rings is 1. The van der Waals surface area contributed by atoms with Crippen LogP contribution in [0, 0.1) is 5.92 Å². The van der Waals surface area contributed by atoms with Crippen LogP contribution in [0.15, 0.2) is 18.2 Å². The van der Waals surface area contributed by atoms with Crippen LogP contribution in [-0.4, -0.2) is 42.5 Å². The van der Waals surface area contributed by atoms with Crippen LogP contribution in [0.4, 0.5) is 0 Å². The van der Waals surface area contributed by atoms with Crippen LogP contribution in [0.3, 0.4) is 0 Å². The van der Waals surface area contributed by atoms with E-state index in [1.807, 2.05) is 6.07 Å². The maximum Gasteiger partial charge on any atom is 0.333 e. The van der Waals surface area contributed by atoms with Crippen molar-refractivity contribution in [1.29, 1.82) is 0 Å². The average molecular weight is 370 g/mol. The summed E-state index contributed by atoms with van der Waals surface area (Å²) in [6.45, 7) is 4.20. The molecule has 0 spiro atoms. The summed E-state index contributed by atoms with van der Waals surface area (Å²) < 4.78 is 5.61. The predicted molar refractivity (Wildman–Crippen MR) is 104 cm³/mol. The van der Waals surface area contributed by atoms with E-state index in [4.69, 9.17) is 4.74 Å². The van der Waals surface area contributed by atoms with E-state index in [2.05, 4.69) is 29.4 Å². The lowest BCUT2D eigenvalue weighted by Crippen LogP contribution is -2.59. The van der Waals surface area contributed by atoms with E-state index >= 15 is 0 Å². The number of carbonyl (C=O) groups excluding carboxylic acids is 2. The minimum absolute atomic E-state index is 0.230. The summed E-state index contributed by atoms with van der Waals surface area (Å²) in [5.41, 5.74) is 3.07. The van der Waals surface area contributed by atoms with Crippen molar-refractivity contribution >= 4 is 11.9 Å². The normalized spacial score (nSPS) is 30.6. The van der Waals surface area contributed by atoms with E-state index < -0.39 is 12.0 Å². The molecule has 1 aromatic rings. The van der Waals surface area contributed by atoms with Gasteiger partial charge in [-0.05, 0) is 75.4 Å². The van der Waals surface area contributed by atoms with Crippen molar-refractivity contribution < 1.29 is 14.3 Å². The van der Waals surface area contributed by atoms with Crippen molar-refractivity contribution in [3.05, 3.63) is 29.3 Å². The number of carbonyl (C=O) groups is 2. The van der Waals surface area contributed by atoms with Gasteiger partial charge in [-0.25, -0.2) is 4.79 Å². The third kappa shape index (κ3) is 3.16. The van der Waals surface area contributed by atoms with Gasteiger partial charge in [0.25, 0.3) is 0 Å². The van der Waals surface area contributed by atoms with Crippen molar-refractivity contribution in [2.75, 3.05) is 13.6 Å². The number of likely N-dealkylation sites (N-methyl/N-ethyl adjacent to an activating group) is 1. The van der Waals surface area contributed by atoms with Gasteiger partial charge in [0.2, 0.25) is 5.91 Å². The summed E-state index contributed by atoms with van der Waals surface area (Å²) in [7, 11) is 2.27. The zero-order valence-electron chi connectivity index (χ0n) is 16.6. The Bertz CT molecular complexity index is 762. The zero-order valence-corrected chi connectivity index (χ0v) is 16.6. The first-order valence-electron chi connectivity index (χ1n) is 10.2. The lowest BCUT2D eigenvalue weighted by atomic mass is 9.52. The number of likely N-dealkylation sites (tertiary alicyclic amines) is 1. The molecule has 1 amide bonds. The third-order valence-electron chi connectivity index (χ3n) is 7.08. The van der Waals surface area contributed by atoms with E-state index in [0.717, 1.165) is 13.0 Å². The Morgan fingerprint density at radius 2 is 2.11 bits per heavy atom. The fourth-order valence-corrected chi connectivity index (χ4v) is 5.81. The van der Waals surface area contributed by atoms with Crippen molar-refractivity contribution in [3.63, 3.8) is 0 Å². The SMILES string of the molecule is CC(=O)N[C@@H](C)C(=O)Oc1ccc2c(c1)[C@]13CCCC[C@@H]1[C@H](C2)N(C)CC3. The maximum absolute atomic E-state index is 12.3. The van der Waals surface area contributed by atoms with Crippen LogP contribution in [0.5, 0.6) is 5.75 Å². The van der Waals surface area contributed by atoms with Gasteiger partial charge in [-0.3, -0.25) is 4.79 Å². The van der Waals surface area contributed by atoms with Gasteiger partial charge < -0.3 is 15.0 Å². The molecule has 1 saturated heterocycles. The molecule has 2 fully saturated rings. The largest absolute Gasteiger partial charge is 0.425 e. The van der Waals surface area contributed by atoms with Crippen LogP contribution in [0.25, 0.3) is 0 Å². The van der Waals surface area contributed by atoms with Crippen LogP contribution < -0.4 is 10.1 Å². The number of fused-ring (bicyclic) bond motifs is 1. The molecule has 0 aromatic heterocycles. The molecule has 0 radical (unpaired) electrons. The molecule has 4 rings (SSSR count). The lowest BCUT2D eigenvalue weighted by molar-refractivity contribution is -0.138. The number of benzene rings is 1. The molecule has 5 heteroatoms. The second-order valence-corrected chi connectivity index (χ2v) is 8.67. The van der Waals surface area contributed by atoms with E-state index in [-0.39, 0.29) is 11.3 Å². The molecule has 1 aliphatic heterocycles. The van der Waals surface area contributed by atoms with Gasteiger partial charge in [-0.1, -0.05) is 18.9 Å². The second kappa shape index (κ2) is 6.93. The number of nitrogens with one attached hydrogen (secondary N) is 1. The van der Waals surface area contributed by atoms with Crippen molar-refractivity contribution in [3.8, 4) is 5.75 Å². The number of hydrogen-bond donors (Lipinski definition) is 1. The van der Waals surface area contributed by atoms with Crippen molar-refractivity contribution in [2.45, 2.75) is 69.9 Å². The summed E-state index contributed by atoms with van der Waals surface area (Å²) in [6, 6.07) is 6.17. The molecule has 1 heterocycles. The molecule has 2 bridgehead atoms. The lowest BCUT2D eigenvalue weighted by Gasteiger charge is -2.58. The Morgan fingerprint density at radius 3 is 2.89 bits per heavy atom. The quantitative estimate of drug-likeness (QED) is 0.657. The zero-order chi connectivity index (χ0) is 19.2. The van der Waals surface area contributed by atoms with Crippen molar-refractivity contribution in [2.24, 2.45) is 5.92 Å². The Hall–Kier alpha value is -1.88. The molecular formula is C22H30N2O3. The summed E-state index contributed by atoms with van der Waals surface area (Å²) in [4.78, 5) is 26.0. The van der Waals surface area contributed by atoms with E-state index in [1.54, 1.807) is 6.92 Å². The molecule has 1 N–H and O–H groups in total. The van der Waals surface area contributed by atoms with Gasteiger partial charge in [0, 0.05) is 18.4 Å². The van der Waals surface area contributed by atoms with Gasteiger partial charge in [-0.2, -0.15) is 0 Å². The molecule has 3 aliphatic rings. The summed E-state index contributed by atoms with van der Waals surface area (Å²) in [5.74, 6) is 0.667. The smallest absolute Gasteiger partial charge is 0.333 e. The van der Waals surface area contributed by atoms with E-state index in [1.165, 1.54) is 50.2 Å². The summed E-state index contributed by atoms with van der Waals surface area (Å²) in [6.07, 6.45) is 7.45. The summed E-state index contributed by atoms with van der Waals surface area (Å²) in [5, 5.41) is 2.59. The number of esters is 1. The Labute approximate surface area is 161 Å². The van der Waals surface area contributed by atoms with Gasteiger partial charge in [0.15, 0.2) is 0 Å².